The summed E-state index contributed by atoms with van der Waals surface area (Å²) in [6, 6.07) is 22.4. The molecule has 1 nitrogen and oxygen atoms in total. The largest absolute Gasteiger partial charge is 0.330 e. The van der Waals surface area contributed by atoms with Gasteiger partial charge >= 0.3 is 0 Å². The third kappa shape index (κ3) is 5.68. The van der Waals surface area contributed by atoms with Crippen LogP contribution in [0.25, 0.3) is 0 Å². The molecule has 2 atom stereocenters. The van der Waals surface area contributed by atoms with Gasteiger partial charge in [-0.05, 0) is 74.2 Å². The van der Waals surface area contributed by atoms with E-state index in [1.54, 1.807) is 10.6 Å². The van der Waals surface area contributed by atoms with Crippen LogP contribution in [-0.2, 0) is 0 Å². The third-order valence-corrected chi connectivity index (χ3v) is 9.61. The van der Waals surface area contributed by atoms with E-state index in [2.05, 4.69) is 74.5 Å². The molecular weight excluding hydrogens is 357 g/mol. The lowest BCUT2D eigenvalue weighted by Gasteiger charge is -2.32. The van der Waals surface area contributed by atoms with Crippen LogP contribution in [0.4, 0.5) is 0 Å². The molecule has 2 aliphatic carbocycles. The maximum absolute atomic E-state index is 5.43. The van der Waals surface area contributed by atoms with Crippen molar-refractivity contribution in [2.75, 3.05) is 6.54 Å². The molecule has 152 valence electrons. The molecule has 0 heterocycles. The lowest BCUT2D eigenvalue weighted by Crippen LogP contribution is -2.27. The minimum atomic E-state index is -0.224. The molecule has 2 fully saturated rings. The van der Waals surface area contributed by atoms with Crippen LogP contribution < -0.4 is 16.3 Å². The van der Waals surface area contributed by atoms with Crippen molar-refractivity contribution in [3.8, 4) is 0 Å². The van der Waals surface area contributed by atoms with E-state index in [1.165, 1.54) is 44.9 Å². The van der Waals surface area contributed by atoms with E-state index in [0.29, 0.717) is 0 Å². The Hall–Kier alpha value is -1.17. The van der Waals surface area contributed by atoms with Gasteiger partial charge in [-0.25, -0.2) is 0 Å². The fraction of sp³-hybridized carbons (Fsp3) is 0.538. The van der Waals surface area contributed by atoms with E-state index in [0.717, 1.165) is 30.0 Å². The molecule has 2 unspecified atom stereocenters. The highest BCUT2D eigenvalue weighted by molar-refractivity contribution is 7.73. The molecule has 2 aromatic carbocycles. The number of hydrogen-bond donors (Lipinski definition) is 1. The van der Waals surface area contributed by atoms with E-state index in [4.69, 9.17) is 5.73 Å². The topological polar surface area (TPSA) is 26.0 Å². The zero-order chi connectivity index (χ0) is 19.8. The standard InChI is InChI=1S/C20H25P.C6H13N/c1-16(2)19-14-9-15-20(19)21(17-10-5-3-6-11-17)18-12-7-4-8-13-18;7-5-6-3-1-2-4-6/h3-8,10-13,16,19-20H,9,14-15H2,1-2H3;6H,1-5,7H2. The first kappa shape index (κ1) is 21.5. The Labute approximate surface area is 173 Å². The zero-order valence-corrected chi connectivity index (χ0v) is 18.7. The van der Waals surface area contributed by atoms with Crippen molar-refractivity contribution in [3.63, 3.8) is 0 Å². The maximum atomic E-state index is 5.43. The van der Waals surface area contributed by atoms with Crippen LogP contribution in [0.15, 0.2) is 60.7 Å². The molecule has 0 saturated heterocycles. The molecule has 2 heteroatoms. The van der Waals surface area contributed by atoms with Crippen LogP contribution in [-0.4, -0.2) is 12.2 Å². The molecule has 28 heavy (non-hydrogen) atoms. The van der Waals surface area contributed by atoms with Crippen LogP contribution in [0, 0.1) is 17.8 Å². The van der Waals surface area contributed by atoms with Gasteiger partial charge in [-0.3, -0.25) is 0 Å². The van der Waals surface area contributed by atoms with Gasteiger partial charge < -0.3 is 5.73 Å². The molecule has 2 saturated carbocycles. The molecule has 2 aliphatic rings. The van der Waals surface area contributed by atoms with Gasteiger partial charge in [-0.1, -0.05) is 93.8 Å². The Kier molecular flexibility index (Phi) is 8.56. The fourth-order valence-corrected chi connectivity index (χ4v) is 8.39. The van der Waals surface area contributed by atoms with E-state index < -0.39 is 0 Å². The minimum absolute atomic E-state index is 0.224. The normalized spacial score (nSPS) is 22.5. The maximum Gasteiger partial charge on any atom is -0.00489 e. The summed E-state index contributed by atoms with van der Waals surface area (Å²) in [6.07, 6.45) is 9.84. The average molecular weight is 396 g/mol. The summed E-state index contributed by atoms with van der Waals surface area (Å²) in [4.78, 5) is 0. The number of hydrogen-bond acceptors (Lipinski definition) is 1. The molecule has 0 amide bonds. The quantitative estimate of drug-likeness (QED) is 0.610. The van der Waals surface area contributed by atoms with Crippen molar-refractivity contribution in [2.24, 2.45) is 23.5 Å². The Morgan fingerprint density at radius 3 is 1.75 bits per heavy atom. The summed E-state index contributed by atoms with van der Waals surface area (Å²) < 4.78 is 0. The van der Waals surface area contributed by atoms with Gasteiger partial charge in [-0.2, -0.15) is 0 Å². The van der Waals surface area contributed by atoms with Crippen LogP contribution in [0.5, 0.6) is 0 Å². The van der Waals surface area contributed by atoms with E-state index >= 15 is 0 Å². The van der Waals surface area contributed by atoms with Gasteiger partial charge in [0.25, 0.3) is 0 Å². The lowest BCUT2D eigenvalue weighted by atomic mass is 9.94. The summed E-state index contributed by atoms with van der Waals surface area (Å²) in [5.41, 5.74) is 6.29. The molecule has 2 N–H and O–H groups in total. The lowest BCUT2D eigenvalue weighted by molar-refractivity contribution is 0.402. The van der Waals surface area contributed by atoms with E-state index in [-0.39, 0.29) is 7.92 Å². The Morgan fingerprint density at radius 2 is 1.32 bits per heavy atom. The van der Waals surface area contributed by atoms with Crippen molar-refractivity contribution in [2.45, 2.75) is 64.5 Å². The first-order chi connectivity index (χ1) is 13.7. The van der Waals surface area contributed by atoms with Crippen LogP contribution in [0.2, 0.25) is 0 Å². The smallest absolute Gasteiger partial charge is 0.00489 e. The third-order valence-electron chi connectivity index (χ3n) is 6.60. The highest BCUT2D eigenvalue weighted by Crippen LogP contribution is 2.51. The van der Waals surface area contributed by atoms with E-state index in [1.807, 2.05) is 0 Å². The number of nitrogens with two attached hydrogens (primary N) is 1. The monoisotopic (exact) mass is 395 g/mol. The summed E-state index contributed by atoms with van der Waals surface area (Å²) in [6.45, 7) is 5.74. The van der Waals surface area contributed by atoms with Crippen molar-refractivity contribution in [1.82, 2.24) is 0 Å². The molecule has 0 spiro atoms. The number of benzene rings is 2. The predicted molar refractivity (Wildman–Crippen MR) is 126 cm³/mol. The molecule has 0 aliphatic heterocycles. The second-order valence-corrected chi connectivity index (χ2v) is 11.3. The van der Waals surface area contributed by atoms with Gasteiger partial charge in [0.15, 0.2) is 0 Å². The van der Waals surface area contributed by atoms with Gasteiger partial charge in [-0.15, -0.1) is 0 Å². The van der Waals surface area contributed by atoms with Crippen LogP contribution in [0.3, 0.4) is 0 Å². The van der Waals surface area contributed by atoms with E-state index in [9.17, 15) is 0 Å². The zero-order valence-electron chi connectivity index (χ0n) is 17.8. The summed E-state index contributed by atoms with van der Waals surface area (Å²) in [7, 11) is -0.224. The molecular formula is C26H38NP. The Bertz CT molecular complexity index is 624. The number of rotatable bonds is 5. The Morgan fingerprint density at radius 1 is 0.786 bits per heavy atom. The van der Waals surface area contributed by atoms with Crippen molar-refractivity contribution in [1.29, 1.82) is 0 Å². The van der Waals surface area contributed by atoms with Crippen LogP contribution in [0.1, 0.15) is 58.8 Å². The molecule has 0 radical (unpaired) electrons. The van der Waals surface area contributed by atoms with Crippen molar-refractivity contribution in [3.05, 3.63) is 60.7 Å². The highest BCUT2D eigenvalue weighted by atomic mass is 31.1. The predicted octanol–water partition coefficient (Wildman–Crippen LogP) is 6.08. The molecule has 2 aromatic rings. The average Bonchev–Trinajstić information content (AvgIpc) is 3.43. The summed E-state index contributed by atoms with van der Waals surface area (Å²) in [5.74, 6) is 2.56. The molecule has 4 rings (SSSR count). The second kappa shape index (κ2) is 11.1. The van der Waals surface area contributed by atoms with Gasteiger partial charge in [0.05, 0.1) is 0 Å². The van der Waals surface area contributed by atoms with Gasteiger partial charge in [0.1, 0.15) is 0 Å². The van der Waals surface area contributed by atoms with Crippen molar-refractivity contribution >= 4 is 18.5 Å². The summed E-state index contributed by atoms with van der Waals surface area (Å²) in [5, 5.41) is 3.10. The van der Waals surface area contributed by atoms with Gasteiger partial charge in [0.2, 0.25) is 0 Å². The van der Waals surface area contributed by atoms with Gasteiger partial charge in [0, 0.05) is 0 Å². The first-order valence-electron chi connectivity index (χ1n) is 11.3. The minimum Gasteiger partial charge on any atom is -0.330 e. The fourth-order valence-electron chi connectivity index (χ4n) is 5.02. The first-order valence-corrected chi connectivity index (χ1v) is 12.7. The van der Waals surface area contributed by atoms with Crippen LogP contribution >= 0.6 is 7.92 Å². The highest BCUT2D eigenvalue weighted by Gasteiger charge is 2.36. The Balaban J connectivity index is 0.000000271. The molecule has 0 bridgehead atoms. The second-order valence-electron chi connectivity index (χ2n) is 8.83. The summed E-state index contributed by atoms with van der Waals surface area (Å²) >= 11 is 0. The van der Waals surface area contributed by atoms with Crippen molar-refractivity contribution < 1.29 is 0 Å². The SMILES string of the molecule is CC(C)C1CCCC1P(c1ccccc1)c1ccccc1.NCC1CCCC1. The molecule has 0 aromatic heterocycles.